The van der Waals surface area contributed by atoms with Crippen molar-refractivity contribution in [2.24, 2.45) is 0 Å². The van der Waals surface area contributed by atoms with Gasteiger partial charge in [0.1, 0.15) is 171 Å². The van der Waals surface area contributed by atoms with Crippen LogP contribution in [0.5, 0.6) is 0 Å². The number of allylic oxidation sites excluding steroid dienone is 4. The largest absolute Gasteiger partial charge is 0.387 e. The van der Waals surface area contributed by atoms with Crippen molar-refractivity contribution in [3.63, 3.8) is 0 Å². The summed E-state index contributed by atoms with van der Waals surface area (Å²) in [5, 5.41) is 86.2. The number of methoxy groups -OCH3 is 14. The Morgan fingerprint density at radius 3 is 0.458 bits per heavy atom. The lowest BCUT2D eigenvalue weighted by molar-refractivity contribution is -0.400. The third kappa shape index (κ3) is 18.0. The molecule has 0 saturated carbocycles. The second-order valence-corrected chi connectivity index (χ2v) is 24.1. The highest BCUT2D eigenvalue weighted by atomic mass is 16.8. The van der Waals surface area contributed by atoms with Gasteiger partial charge < -0.3 is 168 Å². The van der Waals surface area contributed by atoms with Crippen LogP contribution >= 0.6 is 0 Å². The smallest absolute Gasteiger partial charge is 0.187 e. The molecule has 0 aromatic rings. The molecule has 22 aliphatic rings. The molecule has 35 atom stereocenters. The minimum absolute atomic E-state index is 0.227. The van der Waals surface area contributed by atoms with Crippen molar-refractivity contribution in [2.75, 3.05) is 146 Å². The Balaban J connectivity index is 0.00000225. The molecule has 0 aromatic heterocycles. The van der Waals surface area contributed by atoms with Gasteiger partial charge in [0.25, 0.3) is 0 Å². The van der Waals surface area contributed by atoms with Gasteiger partial charge in [-0.05, 0) is 6.42 Å². The Hall–Kier alpha value is -1.92. The van der Waals surface area contributed by atoms with Crippen LogP contribution in [0.3, 0.4) is 0 Å². The molecule has 1 aliphatic carbocycles. The van der Waals surface area contributed by atoms with E-state index in [4.69, 9.17) is 133 Å². The topological polar surface area (TPSA) is 400 Å². The maximum atomic E-state index is 12.3. The van der Waals surface area contributed by atoms with Gasteiger partial charge in [0.2, 0.25) is 0 Å². The minimum Gasteiger partial charge on any atom is -0.387 e. The summed E-state index contributed by atoms with van der Waals surface area (Å²) in [6, 6.07) is 0. The Bertz CT molecular complexity index is 1850. The normalized spacial score (nSPS) is 47.1. The van der Waals surface area contributed by atoms with Crippen LogP contribution in [0, 0.1) is 0 Å². The zero-order valence-corrected chi connectivity index (χ0v) is 56.7. The third-order valence-electron chi connectivity index (χ3n) is 18.2. The Kier molecular flexibility index (Phi) is 32.0. The predicted molar refractivity (Wildman–Crippen MR) is 318 cm³/mol. The molecule has 0 spiro atoms. The van der Waals surface area contributed by atoms with Gasteiger partial charge in [-0.1, -0.05) is 24.3 Å². The van der Waals surface area contributed by atoms with Crippen molar-refractivity contribution < 1.29 is 168 Å². The maximum absolute atomic E-state index is 12.3. The molecule has 7 N–H and O–H groups in total. The summed E-state index contributed by atoms with van der Waals surface area (Å²) in [7, 11) is 18.7. The van der Waals surface area contributed by atoms with Crippen LogP contribution in [-0.2, 0) is 133 Å². The monoisotopic (exact) mass is 1400 g/mol. The lowest BCUT2D eigenvalue weighted by Crippen LogP contribution is -2.69. The summed E-state index contributed by atoms with van der Waals surface area (Å²) in [6.45, 7) is -1.59. The molecule has 21 saturated heterocycles. The van der Waals surface area contributed by atoms with Crippen molar-refractivity contribution in [3.8, 4) is 0 Å². The molecule has 0 radical (unpaired) electrons. The van der Waals surface area contributed by atoms with Gasteiger partial charge in [-0.3, -0.25) is 0 Å². The lowest BCUT2D eigenvalue weighted by atomic mass is 9.95. The number of hydrogen-bond acceptors (Lipinski definition) is 35. The number of rotatable bonds is 21. The van der Waals surface area contributed by atoms with Gasteiger partial charge in [-0.2, -0.15) is 0 Å². The van der Waals surface area contributed by atoms with Crippen LogP contribution in [0.1, 0.15) is 6.42 Å². The van der Waals surface area contributed by atoms with E-state index in [-0.39, 0.29) is 46.2 Å². The highest BCUT2D eigenvalue weighted by molar-refractivity contribution is 5.12. The quantitative estimate of drug-likeness (QED) is 0.0569. The van der Waals surface area contributed by atoms with Gasteiger partial charge in [0.05, 0.1) is 46.2 Å². The maximum Gasteiger partial charge on any atom is 0.187 e. The first-order valence-electron chi connectivity index (χ1n) is 31.8. The van der Waals surface area contributed by atoms with E-state index < -0.39 is 215 Å². The van der Waals surface area contributed by atoms with Crippen LogP contribution in [-0.4, -0.2) is 396 Å². The van der Waals surface area contributed by atoms with Crippen LogP contribution in [0.25, 0.3) is 0 Å². The predicted octanol–water partition coefficient (Wildman–Crippen LogP) is -4.57. The van der Waals surface area contributed by atoms with Gasteiger partial charge in [-0.15, -0.1) is 0 Å². The Morgan fingerprint density at radius 1 is 0.229 bits per heavy atom. The summed E-state index contributed by atoms with van der Waals surface area (Å²) in [4.78, 5) is 0. The van der Waals surface area contributed by atoms with E-state index >= 15 is 0 Å². The van der Waals surface area contributed by atoms with E-state index in [1.807, 2.05) is 0 Å². The van der Waals surface area contributed by atoms with E-state index in [0.717, 1.165) is 6.42 Å². The second-order valence-electron chi connectivity index (χ2n) is 24.1. The van der Waals surface area contributed by atoms with Crippen LogP contribution in [0.15, 0.2) is 24.3 Å². The molecule has 14 bridgehead atoms. The third-order valence-corrected chi connectivity index (χ3v) is 18.2. The zero-order valence-electron chi connectivity index (χ0n) is 56.7. The highest BCUT2D eigenvalue weighted by Gasteiger charge is 2.61. The van der Waals surface area contributed by atoms with Crippen molar-refractivity contribution in [3.05, 3.63) is 24.3 Å². The van der Waals surface area contributed by atoms with Crippen LogP contribution in [0.4, 0.5) is 0 Å². The summed E-state index contributed by atoms with van der Waals surface area (Å²) in [5.74, 6) is 0. The molecule has 35 heteroatoms. The molecule has 21 aliphatic heterocycles. The second kappa shape index (κ2) is 38.6. The first-order chi connectivity index (χ1) is 46.4. The van der Waals surface area contributed by atoms with Crippen molar-refractivity contribution in [2.45, 2.75) is 221 Å². The molecule has 21 fully saturated rings. The molecule has 0 unspecified atom stereocenters. The Labute approximate surface area is 558 Å². The van der Waals surface area contributed by atoms with E-state index in [1.54, 1.807) is 0 Å². The van der Waals surface area contributed by atoms with Crippen molar-refractivity contribution in [1.29, 1.82) is 0 Å². The van der Waals surface area contributed by atoms with Gasteiger partial charge in [0, 0.05) is 99.5 Å². The summed E-state index contributed by atoms with van der Waals surface area (Å²) >= 11 is 0. The van der Waals surface area contributed by atoms with Gasteiger partial charge in [0.15, 0.2) is 44.0 Å². The van der Waals surface area contributed by atoms with Crippen molar-refractivity contribution >= 4 is 0 Å². The first kappa shape index (κ1) is 79.8. The van der Waals surface area contributed by atoms with E-state index in [1.165, 1.54) is 99.5 Å². The summed E-state index contributed by atoms with van der Waals surface area (Å²) < 4.78 is 171. The molecule has 22 rings (SSSR count). The number of aliphatic hydroxyl groups excluding tert-OH is 7. The first-order valence-corrected chi connectivity index (χ1v) is 31.8. The molecular weight excluding hydrogens is 1290 g/mol. The fourth-order valence-corrected chi connectivity index (χ4v) is 13.5. The number of hydrogen-bond donors (Lipinski definition) is 7. The summed E-state index contributed by atoms with van der Waals surface area (Å²) in [6.07, 6.45) is -39.9. The molecule has 21 heterocycles. The summed E-state index contributed by atoms with van der Waals surface area (Å²) in [5.41, 5.74) is 0. The molecule has 0 amide bonds. The fourth-order valence-electron chi connectivity index (χ4n) is 13.5. The fraction of sp³-hybridized carbons (Fsp3) is 0.934. The number of ether oxygens (including phenoxy) is 28. The molecule has 0 aromatic carbocycles. The minimum atomic E-state index is -1.62. The molecular formula is C61H104O35. The Morgan fingerprint density at radius 2 is 0.365 bits per heavy atom. The van der Waals surface area contributed by atoms with E-state index in [0.29, 0.717) is 0 Å². The highest BCUT2D eigenvalue weighted by Crippen LogP contribution is 2.41. The average Bonchev–Trinajstić information content (AvgIpc) is 0.832. The standard InChI is InChI=1S/C56H98O35.C5H6/c1-64-15-22-36-29(57)43(71-8)50(78-22)86-37-23(16-65-2)80-52(45(73-10)30(37)58)88-39-25(18-67-4)82-54(47(75-12)32(39)60)90-41-27(20-69-6)84-56(49(77-14)34(41)62)91-42-28(21-70-7)83-55(48(76-13)35(42)63)89-40-26(19-68-5)81-53(46(74-11)33(40)61)87-38-24(17-66-3)79-51(85-36)44(72-9)31(38)59;1-2-4-5-3-1/h22-63H,15-21H2,1-14H3;1-4H,5H2/t22-,23-,24-,25-,26+,27+,28+,29+,30-,31-,32+,33+,34+,35+,36-,37-,38-,39-,40-,41-,42-,43+,44-,45+,46-,47-,48-,49-,50-,51-,52-,53-,54-,55-,56-;/m1./s1. The molecule has 558 valence electrons. The zero-order chi connectivity index (χ0) is 69.5. The van der Waals surface area contributed by atoms with Gasteiger partial charge >= 0.3 is 0 Å². The average molecular weight is 1400 g/mol. The molecule has 35 nitrogen and oxygen atoms in total. The van der Waals surface area contributed by atoms with Crippen LogP contribution < -0.4 is 0 Å². The van der Waals surface area contributed by atoms with Gasteiger partial charge in [-0.25, -0.2) is 0 Å². The SMILES string of the molecule is C1=CCC=C1.COC[C@@H]1O[C@@H]2O[C@H]3[C@H](O)[C@@H](OC)[C@@H](O[C@H]4[C@@H](O)[C@@H](OC)[C@@H](O[C@H]5[C@H](O)[C@H](OC)[C@@H](O[C@H]6[C@@H](O)[C@H](OC)[C@@H](O[C@H]7[C@H](O)[C@@H](OC)[C@@H](O[C@H]8[C@H](O)[C@@H](OC)[C@@H](O[C@H]1[C@H](O)[C@H]2OC)O[C@H]8COC)O[C@@H]7COC)O[C@@H]6COC)O[C@@H]5COC)O[C@@H]4COC)O[C@H]3COC. The van der Waals surface area contributed by atoms with E-state index in [9.17, 15) is 35.7 Å². The van der Waals surface area contributed by atoms with Crippen LogP contribution in [0.2, 0.25) is 0 Å². The number of aliphatic hydroxyl groups is 7. The molecule has 96 heavy (non-hydrogen) atoms. The lowest BCUT2D eigenvalue weighted by Gasteiger charge is -2.51. The van der Waals surface area contributed by atoms with Crippen molar-refractivity contribution in [1.82, 2.24) is 0 Å². The van der Waals surface area contributed by atoms with E-state index in [2.05, 4.69) is 24.3 Å².